The third-order valence-electron chi connectivity index (χ3n) is 3.00. The number of ether oxygens (including phenoxy) is 1. The van der Waals surface area contributed by atoms with Crippen LogP contribution in [0.15, 0.2) is 36.4 Å². The highest BCUT2D eigenvalue weighted by Gasteiger charge is 2.09. The van der Waals surface area contributed by atoms with Crippen molar-refractivity contribution in [3.63, 3.8) is 0 Å². The summed E-state index contributed by atoms with van der Waals surface area (Å²) in [5.41, 5.74) is 1.33. The van der Waals surface area contributed by atoms with E-state index in [9.17, 15) is 9.50 Å². The van der Waals surface area contributed by atoms with E-state index >= 15 is 0 Å². The molecule has 0 saturated heterocycles. The van der Waals surface area contributed by atoms with Crippen LogP contribution in [0.5, 0.6) is 11.5 Å². The maximum atomic E-state index is 13.6. The second-order valence-corrected chi connectivity index (χ2v) is 4.95. The van der Waals surface area contributed by atoms with E-state index in [1.165, 1.54) is 12.1 Å². The van der Waals surface area contributed by atoms with E-state index in [-0.39, 0.29) is 17.9 Å². The van der Waals surface area contributed by atoms with Crippen molar-refractivity contribution in [3.05, 3.63) is 58.4 Å². The van der Waals surface area contributed by atoms with Gasteiger partial charge in [-0.05, 0) is 36.2 Å². The van der Waals surface area contributed by atoms with Gasteiger partial charge in [-0.2, -0.15) is 0 Å². The second kappa shape index (κ2) is 6.62. The van der Waals surface area contributed by atoms with Gasteiger partial charge in [-0.1, -0.05) is 37.1 Å². The van der Waals surface area contributed by atoms with E-state index < -0.39 is 5.82 Å². The zero-order chi connectivity index (χ0) is 14.5. The summed E-state index contributed by atoms with van der Waals surface area (Å²) in [7, 11) is 0. The molecule has 0 atom stereocenters. The van der Waals surface area contributed by atoms with Crippen LogP contribution in [0, 0.1) is 5.82 Å². The molecule has 0 spiro atoms. The lowest BCUT2D eigenvalue weighted by Crippen LogP contribution is -2.00. The van der Waals surface area contributed by atoms with Gasteiger partial charge in [0.2, 0.25) is 0 Å². The first-order valence-corrected chi connectivity index (χ1v) is 6.87. The van der Waals surface area contributed by atoms with Crippen LogP contribution in [0.25, 0.3) is 0 Å². The number of phenols is 1. The van der Waals surface area contributed by atoms with Gasteiger partial charge in [-0.25, -0.2) is 4.39 Å². The molecule has 1 N–H and O–H groups in total. The molecule has 0 saturated carbocycles. The summed E-state index contributed by atoms with van der Waals surface area (Å²) >= 11 is 5.92. The molecule has 0 fully saturated rings. The average Bonchev–Trinajstić information content (AvgIpc) is 2.40. The van der Waals surface area contributed by atoms with Gasteiger partial charge in [0.1, 0.15) is 12.4 Å². The zero-order valence-electron chi connectivity index (χ0n) is 11.2. The van der Waals surface area contributed by atoms with Crippen LogP contribution in [-0.2, 0) is 13.0 Å². The molecule has 2 rings (SSSR count). The Morgan fingerprint density at radius 3 is 2.70 bits per heavy atom. The number of halogens is 2. The van der Waals surface area contributed by atoms with Gasteiger partial charge in [0.15, 0.2) is 11.5 Å². The van der Waals surface area contributed by atoms with E-state index in [0.717, 1.165) is 18.4 Å². The molecule has 0 aliphatic carbocycles. The monoisotopic (exact) mass is 294 g/mol. The third kappa shape index (κ3) is 3.42. The largest absolute Gasteiger partial charge is 0.504 e. The molecular weight excluding hydrogens is 279 g/mol. The Morgan fingerprint density at radius 1 is 1.25 bits per heavy atom. The fourth-order valence-electron chi connectivity index (χ4n) is 1.95. The minimum absolute atomic E-state index is 0.0216. The van der Waals surface area contributed by atoms with Crippen molar-refractivity contribution in [1.29, 1.82) is 0 Å². The topological polar surface area (TPSA) is 29.5 Å². The predicted molar refractivity (Wildman–Crippen MR) is 77.8 cm³/mol. The summed E-state index contributed by atoms with van der Waals surface area (Å²) in [5.74, 6) is -0.0350. The normalized spacial score (nSPS) is 10.6. The molecule has 0 aliphatic heterocycles. The first kappa shape index (κ1) is 14.7. The van der Waals surface area contributed by atoms with E-state index in [2.05, 4.69) is 6.92 Å². The summed E-state index contributed by atoms with van der Waals surface area (Å²) in [6.07, 6.45) is 1.90. The van der Waals surface area contributed by atoms with E-state index in [4.69, 9.17) is 16.3 Å². The highest BCUT2D eigenvalue weighted by molar-refractivity contribution is 6.31. The molecule has 0 radical (unpaired) electrons. The fraction of sp³-hybridized carbons (Fsp3) is 0.250. The van der Waals surface area contributed by atoms with Crippen molar-refractivity contribution in [2.24, 2.45) is 0 Å². The molecule has 0 bridgehead atoms. The minimum Gasteiger partial charge on any atom is -0.504 e. The molecule has 0 aromatic heterocycles. The fourth-order valence-corrected chi connectivity index (χ4v) is 2.17. The van der Waals surface area contributed by atoms with Crippen molar-refractivity contribution in [2.75, 3.05) is 0 Å². The highest BCUT2D eigenvalue weighted by atomic mass is 35.5. The summed E-state index contributed by atoms with van der Waals surface area (Å²) < 4.78 is 19.0. The molecule has 0 heterocycles. The number of benzene rings is 2. The number of phenolic OH excluding ortho intramolecular Hbond substituents is 1. The molecule has 106 valence electrons. The van der Waals surface area contributed by atoms with Crippen LogP contribution in [0.1, 0.15) is 24.5 Å². The van der Waals surface area contributed by atoms with E-state index in [1.54, 1.807) is 18.2 Å². The Labute approximate surface area is 122 Å². The lowest BCUT2D eigenvalue weighted by molar-refractivity contribution is 0.283. The molecule has 20 heavy (non-hydrogen) atoms. The van der Waals surface area contributed by atoms with Gasteiger partial charge in [-0.15, -0.1) is 0 Å². The summed E-state index contributed by atoms with van der Waals surface area (Å²) in [5, 5.41) is 10.2. The molecular formula is C16H16ClFO2. The molecule has 0 aliphatic rings. The number of hydrogen-bond donors (Lipinski definition) is 1. The molecule has 2 aromatic carbocycles. The third-order valence-corrected chi connectivity index (χ3v) is 3.35. The van der Waals surface area contributed by atoms with Crippen molar-refractivity contribution >= 4 is 11.6 Å². The van der Waals surface area contributed by atoms with Crippen LogP contribution in [0.3, 0.4) is 0 Å². The summed E-state index contributed by atoms with van der Waals surface area (Å²) in [4.78, 5) is 0. The Bertz CT molecular complexity index is 579. The Hall–Kier alpha value is -1.74. The average molecular weight is 295 g/mol. The Morgan fingerprint density at radius 2 is 2.05 bits per heavy atom. The lowest BCUT2D eigenvalue weighted by atomic mass is 10.1. The van der Waals surface area contributed by atoms with Gasteiger partial charge in [-0.3, -0.25) is 0 Å². The van der Waals surface area contributed by atoms with Gasteiger partial charge < -0.3 is 9.84 Å². The standard InChI is InChI=1S/C16H16ClFO2/c1-2-4-11-7-8-16(15(19)9-11)20-10-12-13(17)5-3-6-14(12)18/h3,5-9,19H,2,4,10H2,1H3. The van der Waals surface area contributed by atoms with Crippen LogP contribution in [0.2, 0.25) is 5.02 Å². The number of aromatic hydroxyl groups is 1. The minimum atomic E-state index is -0.417. The maximum absolute atomic E-state index is 13.6. The van der Waals surface area contributed by atoms with Gasteiger partial charge in [0.25, 0.3) is 0 Å². The SMILES string of the molecule is CCCc1ccc(OCc2c(F)cccc2Cl)c(O)c1. The predicted octanol–water partition coefficient (Wildman–Crippen LogP) is 4.72. The second-order valence-electron chi connectivity index (χ2n) is 4.54. The zero-order valence-corrected chi connectivity index (χ0v) is 12.0. The van der Waals surface area contributed by atoms with Crippen molar-refractivity contribution in [1.82, 2.24) is 0 Å². The van der Waals surface area contributed by atoms with Crippen LogP contribution < -0.4 is 4.74 Å². The Balaban J connectivity index is 2.11. The number of aryl methyl sites for hydroxylation is 1. The lowest BCUT2D eigenvalue weighted by Gasteiger charge is -2.11. The van der Waals surface area contributed by atoms with Crippen molar-refractivity contribution in [2.45, 2.75) is 26.4 Å². The van der Waals surface area contributed by atoms with Crippen LogP contribution in [-0.4, -0.2) is 5.11 Å². The van der Waals surface area contributed by atoms with Gasteiger partial charge in [0, 0.05) is 5.56 Å². The quantitative estimate of drug-likeness (QED) is 0.865. The van der Waals surface area contributed by atoms with E-state index in [1.807, 2.05) is 6.07 Å². The Kier molecular flexibility index (Phi) is 4.85. The molecule has 4 heteroatoms. The highest BCUT2D eigenvalue weighted by Crippen LogP contribution is 2.29. The maximum Gasteiger partial charge on any atom is 0.161 e. The van der Waals surface area contributed by atoms with Crippen LogP contribution in [0.4, 0.5) is 4.39 Å². The molecule has 2 aromatic rings. The first-order valence-electron chi connectivity index (χ1n) is 6.49. The number of rotatable bonds is 5. The van der Waals surface area contributed by atoms with Gasteiger partial charge in [0.05, 0.1) is 5.02 Å². The summed E-state index contributed by atoms with van der Waals surface area (Å²) in [6.45, 7) is 2.05. The number of hydrogen-bond acceptors (Lipinski definition) is 2. The molecule has 2 nitrogen and oxygen atoms in total. The molecule has 0 amide bonds. The smallest absolute Gasteiger partial charge is 0.161 e. The molecule has 0 unspecified atom stereocenters. The van der Waals surface area contributed by atoms with Crippen molar-refractivity contribution in [3.8, 4) is 11.5 Å². The summed E-state index contributed by atoms with van der Waals surface area (Å²) in [6, 6.07) is 9.72. The first-order chi connectivity index (χ1) is 9.61. The van der Waals surface area contributed by atoms with Crippen LogP contribution >= 0.6 is 11.6 Å². The van der Waals surface area contributed by atoms with Gasteiger partial charge >= 0.3 is 0 Å². The van der Waals surface area contributed by atoms with E-state index in [0.29, 0.717) is 10.8 Å². The van der Waals surface area contributed by atoms with Crippen molar-refractivity contribution < 1.29 is 14.2 Å².